The summed E-state index contributed by atoms with van der Waals surface area (Å²) in [6.07, 6.45) is 1.30. The Bertz CT molecular complexity index is 3400. The molecule has 0 amide bonds. The molecule has 6 heteroatoms. The van der Waals surface area contributed by atoms with Crippen molar-refractivity contribution in [2.24, 2.45) is 0 Å². The van der Waals surface area contributed by atoms with Crippen LogP contribution in [0.15, 0.2) is 136 Å². The van der Waals surface area contributed by atoms with E-state index in [-0.39, 0.29) is 48.6 Å². The van der Waals surface area contributed by atoms with Gasteiger partial charge in [-0.25, -0.2) is 0 Å². The maximum absolute atomic E-state index is 7.93. The molecule has 0 unspecified atom stereocenters. The van der Waals surface area contributed by atoms with Crippen LogP contribution in [0.3, 0.4) is 0 Å². The fourth-order valence-electron chi connectivity index (χ4n) is 7.86. The normalized spacial score (nSPS) is 14.3. The molecule has 0 fully saturated rings. The summed E-state index contributed by atoms with van der Waals surface area (Å²) in [6, 6.07) is 43.8. The van der Waals surface area contributed by atoms with E-state index in [2.05, 4.69) is 86.6 Å². The average molecular weight is 971 g/mol. The fourth-order valence-corrected chi connectivity index (χ4v) is 7.86. The summed E-state index contributed by atoms with van der Waals surface area (Å²) in [5.74, 6) is 1.97. The van der Waals surface area contributed by atoms with E-state index in [1.807, 2.05) is 48.5 Å². The molecule has 5 nitrogen and oxygen atoms in total. The number of hydrogen-bond donors (Lipinski definition) is 0. The van der Waals surface area contributed by atoms with Crippen LogP contribution in [0.5, 0.6) is 0 Å². The first kappa shape index (κ1) is 30.9. The van der Waals surface area contributed by atoms with Crippen molar-refractivity contribution in [3.8, 4) is 39.7 Å². The summed E-state index contributed by atoms with van der Waals surface area (Å²) in [7, 11) is 0. The second kappa shape index (κ2) is 16.5. The summed E-state index contributed by atoms with van der Waals surface area (Å²) in [4.78, 5) is 9.30. The van der Waals surface area contributed by atoms with Crippen molar-refractivity contribution in [3.63, 3.8) is 0 Å². The zero-order valence-corrected chi connectivity index (χ0v) is 36.2. The van der Waals surface area contributed by atoms with Crippen molar-refractivity contribution >= 4 is 43.9 Å². The third-order valence-electron chi connectivity index (χ3n) is 10.8. The SMILES string of the molecule is [2H]C([2H])([2H])c1c[c-]c(-c2ccc(C([2H])([2H])[2H])cn2)cc1.[2H]C([2H])([2H])c1ccc2c(c1)oc1c(-c3nc4ccccc4n3-c3c(C(C)C)cc(-c4oc5ccccc5c4C)cc3C(C)C)[c-]ccc12.[Ir]. The Morgan fingerprint density at radius 3 is 2.12 bits per heavy atom. The number of aromatic nitrogens is 3. The van der Waals surface area contributed by atoms with Crippen molar-refractivity contribution in [1.82, 2.24) is 14.5 Å². The first-order valence-electron chi connectivity index (χ1n) is 24.2. The van der Waals surface area contributed by atoms with E-state index in [1.165, 1.54) is 35.5 Å². The van der Waals surface area contributed by atoms with E-state index in [9.17, 15) is 0 Å². The number of fused-ring (bicyclic) bond motifs is 5. The van der Waals surface area contributed by atoms with Crippen LogP contribution in [-0.4, -0.2) is 14.5 Å². The Morgan fingerprint density at radius 2 is 1.42 bits per heavy atom. The maximum atomic E-state index is 7.93. The molecule has 301 valence electrons. The number of aryl methyl sites for hydroxylation is 4. The molecule has 0 saturated heterocycles. The minimum Gasteiger partial charge on any atom is -0.501 e. The first-order chi connectivity index (χ1) is 32.2. The van der Waals surface area contributed by atoms with Crippen molar-refractivity contribution in [2.75, 3.05) is 0 Å². The molecule has 0 N–H and O–H groups in total. The molecule has 4 heterocycles. The smallest absolute Gasteiger partial charge is 0.138 e. The van der Waals surface area contributed by atoms with Crippen molar-refractivity contribution in [2.45, 2.75) is 67.0 Å². The van der Waals surface area contributed by atoms with Gasteiger partial charge in [0, 0.05) is 66.2 Å². The number of rotatable bonds is 6. The van der Waals surface area contributed by atoms with Gasteiger partial charge in [-0.3, -0.25) is 4.98 Å². The van der Waals surface area contributed by atoms with E-state index >= 15 is 0 Å². The molecule has 4 aromatic heterocycles. The molecule has 0 aliphatic rings. The Hall–Kier alpha value is -6.07. The van der Waals surface area contributed by atoms with Gasteiger partial charge in [0.2, 0.25) is 0 Å². The van der Waals surface area contributed by atoms with Crippen LogP contribution in [0.25, 0.3) is 83.6 Å². The molecule has 10 aromatic rings. The van der Waals surface area contributed by atoms with Gasteiger partial charge in [-0.1, -0.05) is 100 Å². The Morgan fingerprint density at radius 1 is 0.683 bits per heavy atom. The van der Waals surface area contributed by atoms with Gasteiger partial charge in [0.1, 0.15) is 16.9 Å². The molecule has 0 aliphatic carbocycles. The number of pyridine rings is 1. The molecular formula is C54H47IrN3O2-2. The molecule has 60 heavy (non-hydrogen) atoms. The molecule has 0 spiro atoms. The van der Waals surface area contributed by atoms with Crippen molar-refractivity contribution in [3.05, 3.63) is 173 Å². The molecule has 0 aliphatic heterocycles. The zero-order valence-electron chi connectivity index (χ0n) is 42.8. The van der Waals surface area contributed by atoms with E-state index in [4.69, 9.17) is 26.2 Å². The van der Waals surface area contributed by atoms with Crippen molar-refractivity contribution < 1.29 is 41.3 Å². The number of nitrogens with zero attached hydrogens (tertiary/aromatic N) is 3. The van der Waals surface area contributed by atoms with Gasteiger partial charge in [-0.2, -0.15) is 0 Å². The number of imidazole rings is 1. The van der Waals surface area contributed by atoms with E-state index in [0.29, 0.717) is 28.2 Å². The van der Waals surface area contributed by atoms with Gasteiger partial charge in [0.15, 0.2) is 0 Å². The van der Waals surface area contributed by atoms with Crippen molar-refractivity contribution in [1.29, 1.82) is 0 Å². The predicted molar refractivity (Wildman–Crippen MR) is 243 cm³/mol. The Labute approximate surface area is 378 Å². The summed E-state index contributed by atoms with van der Waals surface area (Å²) in [5, 5.41) is 2.86. The topological polar surface area (TPSA) is 57.0 Å². The van der Waals surface area contributed by atoms with Gasteiger partial charge in [-0.15, -0.1) is 53.6 Å². The van der Waals surface area contributed by atoms with Gasteiger partial charge in [0.05, 0.1) is 22.4 Å². The van der Waals surface area contributed by atoms with Crippen LogP contribution < -0.4 is 0 Å². The van der Waals surface area contributed by atoms with Crippen LogP contribution in [0, 0.1) is 39.6 Å². The van der Waals surface area contributed by atoms with Crippen LogP contribution >= 0.6 is 0 Å². The third kappa shape index (κ3) is 7.40. The quantitative estimate of drug-likeness (QED) is 0.156. The van der Waals surface area contributed by atoms with Gasteiger partial charge in [-0.05, 0) is 96.8 Å². The average Bonchev–Trinajstić information content (AvgIpc) is 3.99. The summed E-state index contributed by atoms with van der Waals surface area (Å²) < 4.78 is 82.7. The number of hydrogen-bond acceptors (Lipinski definition) is 4. The molecule has 0 atom stereocenters. The molecule has 1 radical (unpaired) electrons. The number of furan rings is 2. The largest absolute Gasteiger partial charge is 0.501 e. The Balaban J connectivity index is 0.000000257. The zero-order chi connectivity index (χ0) is 48.4. The molecule has 6 aromatic carbocycles. The minimum atomic E-state index is -2.23. The van der Waals surface area contributed by atoms with E-state index in [0.717, 1.165) is 60.9 Å². The molecule has 0 saturated carbocycles. The Kier molecular flexibility index (Phi) is 8.51. The fraction of sp³-hybridized carbons (Fsp3) is 0.185. The molecular weight excluding hydrogens is 915 g/mol. The standard InChI is InChI=1S/C41H35N2O2.C13H12N.Ir/c1-23(2)32-21-27(39-26(6)28-12-7-10-17-36(28)44-39)22-33(24(3)4)38(32)43-35-16-9-8-15-34(35)42-41(43)31-14-11-13-30-29-19-18-25(5)20-37(29)45-40(30)31;1-10-3-6-12(7-4-10)13-8-5-11(2)9-14-13;/h7-13,15-24H,1-6H3;3-6,8-9H,1-2H3;/q2*-1;/i5D3;1D3,2D3;. The van der Waals surface area contributed by atoms with Gasteiger partial charge >= 0.3 is 0 Å². The summed E-state index contributed by atoms with van der Waals surface area (Å²) >= 11 is 0. The molecule has 10 rings (SSSR count). The van der Waals surface area contributed by atoms with Gasteiger partial charge in [0.25, 0.3) is 0 Å². The van der Waals surface area contributed by atoms with Crippen LogP contribution in [0.4, 0.5) is 0 Å². The predicted octanol–water partition coefficient (Wildman–Crippen LogP) is 14.8. The first-order valence-corrected chi connectivity index (χ1v) is 19.7. The number of benzene rings is 6. The second-order valence-electron chi connectivity index (χ2n) is 15.5. The van der Waals surface area contributed by atoms with E-state index in [1.54, 1.807) is 24.3 Å². The third-order valence-corrected chi connectivity index (χ3v) is 10.8. The summed E-state index contributed by atoms with van der Waals surface area (Å²) in [6.45, 7) is 4.47. The summed E-state index contributed by atoms with van der Waals surface area (Å²) in [5.41, 5.74) is 12.0. The van der Waals surface area contributed by atoms with Gasteiger partial charge < -0.3 is 18.4 Å². The monoisotopic (exact) mass is 971 g/mol. The second-order valence-corrected chi connectivity index (χ2v) is 15.5. The van der Waals surface area contributed by atoms with Crippen LogP contribution in [0.2, 0.25) is 0 Å². The van der Waals surface area contributed by atoms with Crippen LogP contribution in [0.1, 0.15) is 85.2 Å². The number of para-hydroxylation sites is 3. The van der Waals surface area contributed by atoms with Crippen LogP contribution in [-0.2, 0) is 20.1 Å². The maximum Gasteiger partial charge on any atom is 0.138 e. The van der Waals surface area contributed by atoms with E-state index < -0.39 is 20.6 Å². The minimum absolute atomic E-state index is 0. The molecule has 0 bridgehead atoms.